The molecule has 88 valence electrons. The van der Waals surface area contributed by atoms with E-state index in [1.165, 1.54) is 18.5 Å². The minimum absolute atomic E-state index is 0.0970. The van der Waals surface area contributed by atoms with Gasteiger partial charge in [-0.2, -0.15) is 0 Å². The summed E-state index contributed by atoms with van der Waals surface area (Å²) in [5.41, 5.74) is 0.920. The smallest absolute Gasteiger partial charge is 0.232 e. The number of aliphatic hydroxyl groups is 1. The lowest BCUT2D eigenvalue weighted by atomic mass is 10.2. The van der Waals surface area contributed by atoms with Crippen molar-refractivity contribution in [1.82, 2.24) is 9.97 Å². The van der Waals surface area contributed by atoms with Crippen molar-refractivity contribution >= 4 is 0 Å². The van der Waals surface area contributed by atoms with E-state index in [1.807, 2.05) is 0 Å². The van der Waals surface area contributed by atoms with Crippen LogP contribution in [0.1, 0.15) is 11.3 Å². The van der Waals surface area contributed by atoms with Gasteiger partial charge in [-0.15, -0.1) is 0 Å². The second-order valence-electron chi connectivity index (χ2n) is 3.38. The number of benzene rings is 1. The van der Waals surface area contributed by atoms with E-state index in [4.69, 9.17) is 9.84 Å². The van der Waals surface area contributed by atoms with Gasteiger partial charge in [0.15, 0.2) is 0 Å². The first-order valence-corrected chi connectivity index (χ1v) is 5.07. The number of aromatic nitrogens is 2. The Morgan fingerprint density at radius 1 is 1.18 bits per heavy atom. The van der Waals surface area contributed by atoms with Crippen molar-refractivity contribution in [1.29, 1.82) is 0 Å². The molecule has 0 saturated heterocycles. The summed E-state index contributed by atoms with van der Waals surface area (Å²) in [6, 6.07) is 6.38. The van der Waals surface area contributed by atoms with E-state index in [0.29, 0.717) is 17.1 Å². The standard InChI is InChI=1S/C12H11FN2O2/c13-11-4-2-1-3-9(11)8-17-12-6-14-10(7-16)5-15-12/h1-6,16H,7-8H2. The summed E-state index contributed by atoms with van der Waals surface area (Å²) >= 11 is 0. The first-order valence-electron chi connectivity index (χ1n) is 5.07. The molecule has 0 unspecified atom stereocenters. The Morgan fingerprint density at radius 2 is 2.00 bits per heavy atom. The van der Waals surface area contributed by atoms with Crippen LogP contribution in [0.15, 0.2) is 36.7 Å². The van der Waals surface area contributed by atoms with Crippen LogP contribution in [-0.4, -0.2) is 15.1 Å². The average Bonchev–Trinajstić information content (AvgIpc) is 2.38. The Kier molecular flexibility index (Phi) is 3.62. The van der Waals surface area contributed by atoms with E-state index in [9.17, 15) is 4.39 Å². The third-order valence-electron chi connectivity index (χ3n) is 2.18. The predicted octanol–water partition coefficient (Wildman–Crippen LogP) is 1.69. The molecule has 1 heterocycles. The van der Waals surface area contributed by atoms with E-state index in [0.717, 1.165) is 0 Å². The highest BCUT2D eigenvalue weighted by Crippen LogP contribution is 2.11. The molecule has 0 bridgehead atoms. The van der Waals surface area contributed by atoms with E-state index in [-0.39, 0.29) is 19.0 Å². The topological polar surface area (TPSA) is 55.2 Å². The second kappa shape index (κ2) is 5.36. The number of aliphatic hydroxyl groups excluding tert-OH is 1. The summed E-state index contributed by atoms with van der Waals surface area (Å²) in [6.45, 7) is -0.0690. The highest BCUT2D eigenvalue weighted by atomic mass is 19.1. The molecular formula is C12H11FN2O2. The monoisotopic (exact) mass is 234 g/mol. The zero-order chi connectivity index (χ0) is 12.1. The molecule has 4 nitrogen and oxygen atoms in total. The minimum atomic E-state index is -0.313. The number of halogens is 1. The van der Waals surface area contributed by atoms with Gasteiger partial charge in [-0.05, 0) is 6.07 Å². The zero-order valence-electron chi connectivity index (χ0n) is 9.01. The van der Waals surface area contributed by atoms with Gasteiger partial charge in [-0.3, -0.25) is 4.98 Å². The number of ether oxygens (including phenoxy) is 1. The SMILES string of the molecule is OCc1cnc(OCc2ccccc2F)cn1. The highest BCUT2D eigenvalue weighted by molar-refractivity contribution is 5.17. The predicted molar refractivity (Wildman–Crippen MR) is 58.7 cm³/mol. The van der Waals surface area contributed by atoms with Gasteiger partial charge in [0.1, 0.15) is 12.4 Å². The summed E-state index contributed by atoms with van der Waals surface area (Å²) < 4.78 is 18.5. The van der Waals surface area contributed by atoms with Gasteiger partial charge < -0.3 is 9.84 Å². The van der Waals surface area contributed by atoms with E-state index in [1.54, 1.807) is 18.2 Å². The normalized spacial score (nSPS) is 10.2. The van der Waals surface area contributed by atoms with Crippen molar-refractivity contribution in [2.45, 2.75) is 13.2 Å². The lowest BCUT2D eigenvalue weighted by molar-refractivity contribution is 0.270. The summed E-state index contributed by atoms with van der Waals surface area (Å²) in [6.07, 6.45) is 2.81. The van der Waals surface area contributed by atoms with Crippen LogP contribution in [0.2, 0.25) is 0 Å². The Morgan fingerprint density at radius 3 is 2.65 bits per heavy atom. The molecular weight excluding hydrogens is 223 g/mol. The Bertz CT molecular complexity index is 488. The molecule has 0 fully saturated rings. The minimum Gasteiger partial charge on any atom is -0.472 e. The van der Waals surface area contributed by atoms with Gasteiger partial charge in [0, 0.05) is 5.56 Å². The average molecular weight is 234 g/mol. The van der Waals surface area contributed by atoms with Crippen LogP contribution in [-0.2, 0) is 13.2 Å². The quantitative estimate of drug-likeness (QED) is 0.874. The van der Waals surface area contributed by atoms with Crippen LogP contribution in [0.5, 0.6) is 5.88 Å². The maximum Gasteiger partial charge on any atom is 0.232 e. The Labute approximate surface area is 97.7 Å². The van der Waals surface area contributed by atoms with Gasteiger partial charge in [0.25, 0.3) is 0 Å². The van der Waals surface area contributed by atoms with E-state index >= 15 is 0 Å². The second-order valence-corrected chi connectivity index (χ2v) is 3.38. The third-order valence-corrected chi connectivity index (χ3v) is 2.18. The molecule has 0 saturated carbocycles. The Balaban J connectivity index is 2.00. The van der Waals surface area contributed by atoms with Crippen molar-refractivity contribution in [3.63, 3.8) is 0 Å². The highest BCUT2D eigenvalue weighted by Gasteiger charge is 2.02. The maximum atomic E-state index is 13.3. The number of hydrogen-bond acceptors (Lipinski definition) is 4. The van der Waals surface area contributed by atoms with Crippen LogP contribution < -0.4 is 4.74 Å². The van der Waals surface area contributed by atoms with Gasteiger partial charge >= 0.3 is 0 Å². The van der Waals surface area contributed by atoms with Crippen LogP contribution >= 0.6 is 0 Å². The summed E-state index contributed by atoms with van der Waals surface area (Å²) in [5.74, 6) is -0.0158. The lowest BCUT2D eigenvalue weighted by Crippen LogP contribution is -2.01. The summed E-state index contributed by atoms with van der Waals surface area (Å²) in [7, 11) is 0. The van der Waals surface area contributed by atoms with Crippen LogP contribution in [0.4, 0.5) is 4.39 Å². The van der Waals surface area contributed by atoms with Crippen molar-refractivity contribution in [2.24, 2.45) is 0 Å². The van der Waals surface area contributed by atoms with Gasteiger partial charge in [-0.25, -0.2) is 9.37 Å². The van der Waals surface area contributed by atoms with Crippen molar-refractivity contribution in [3.8, 4) is 5.88 Å². The molecule has 0 aliphatic carbocycles. The zero-order valence-corrected chi connectivity index (χ0v) is 9.01. The molecule has 2 rings (SSSR count). The molecule has 1 aromatic carbocycles. The molecule has 2 aromatic rings. The molecule has 1 aromatic heterocycles. The molecule has 0 atom stereocenters. The fourth-order valence-electron chi connectivity index (χ4n) is 1.27. The molecule has 0 radical (unpaired) electrons. The van der Waals surface area contributed by atoms with Crippen LogP contribution in [0.3, 0.4) is 0 Å². The largest absolute Gasteiger partial charge is 0.472 e. The van der Waals surface area contributed by atoms with E-state index in [2.05, 4.69) is 9.97 Å². The fraction of sp³-hybridized carbons (Fsp3) is 0.167. The molecule has 1 N–H and O–H groups in total. The van der Waals surface area contributed by atoms with Crippen molar-refractivity contribution < 1.29 is 14.2 Å². The van der Waals surface area contributed by atoms with Crippen LogP contribution in [0, 0.1) is 5.82 Å². The number of rotatable bonds is 4. The van der Waals surface area contributed by atoms with E-state index < -0.39 is 0 Å². The first-order chi connectivity index (χ1) is 8.29. The molecule has 17 heavy (non-hydrogen) atoms. The van der Waals surface area contributed by atoms with Gasteiger partial charge in [0.05, 0.1) is 24.7 Å². The Hall–Kier alpha value is -2.01. The number of nitrogens with zero attached hydrogens (tertiary/aromatic N) is 2. The van der Waals surface area contributed by atoms with Gasteiger partial charge in [0.2, 0.25) is 5.88 Å². The molecule has 0 aliphatic heterocycles. The first kappa shape index (κ1) is 11.5. The summed E-state index contributed by atoms with van der Waals surface area (Å²) in [5, 5.41) is 8.78. The molecule has 0 spiro atoms. The van der Waals surface area contributed by atoms with Crippen LogP contribution in [0.25, 0.3) is 0 Å². The molecule has 5 heteroatoms. The summed E-state index contributed by atoms with van der Waals surface area (Å²) in [4.78, 5) is 7.83. The lowest BCUT2D eigenvalue weighted by Gasteiger charge is -2.05. The van der Waals surface area contributed by atoms with Crippen molar-refractivity contribution in [2.75, 3.05) is 0 Å². The molecule has 0 aliphatic rings. The van der Waals surface area contributed by atoms with Gasteiger partial charge in [-0.1, -0.05) is 18.2 Å². The van der Waals surface area contributed by atoms with Crippen molar-refractivity contribution in [3.05, 3.63) is 53.7 Å². The number of hydrogen-bond donors (Lipinski definition) is 1. The molecule has 0 amide bonds. The maximum absolute atomic E-state index is 13.3. The third kappa shape index (κ3) is 2.98. The fourth-order valence-corrected chi connectivity index (χ4v) is 1.27.